The van der Waals surface area contributed by atoms with E-state index in [1.165, 1.54) is 0 Å². The number of carbonyl (C=O) groups excluding carboxylic acids is 1. The average molecular weight is 265 g/mol. The summed E-state index contributed by atoms with van der Waals surface area (Å²) < 4.78 is 0. The van der Waals surface area contributed by atoms with Gasteiger partial charge in [0, 0.05) is 12.1 Å². The molecule has 2 N–H and O–H groups in total. The number of amides is 1. The zero-order valence-electron chi connectivity index (χ0n) is 10.8. The SMILES string of the molecule is CCS/C(=N\CCNC)NC(=O)c1ccccc1. The van der Waals surface area contributed by atoms with E-state index in [0.717, 1.165) is 12.3 Å². The minimum absolute atomic E-state index is 0.111. The Labute approximate surface area is 112 Å². The predicted octanol–water partition coefficient (Wildman–Crippen LogP) is 1.74. The Morgan fingerprint density at radius 3 is 2.67 bits per heavy atom. The lowest BCUT2D eigenvalue weighted by Crippen LogP contribution is -2.29. The minimum Gasteiger partial charge on any atom is -0.318 e. The Morgan fingerprint density at radius 2 is 2.06 bits per heavy atom. The van der Waals surface area contributed by atoms with Crippen molar-refractivity contribution in [3.05, 3.63) is 35.9 Å². The van der Waals surface area contributed by atoms with Crippen molar-refractivity contribution in [1.29, 1.82) is 0 Å². The van der Waals surface area contributed by atoms with Gasteiger partial charge in [-0.2, -0.15) is 0 Å². The van der Waals surface area contributed by atoms with E-state index in [2.05, 4.69) is 15.6 Å². The van der Waals surface area contributed by atoms with Crippen LogP contribution >= 0.6 is 11.8 Å². The molecule has 0 aliphatic rings. The van der Waals surface area contributed by atoms with Crippen LogP contribution in [0.1, 0.15) is 17.3 Å². The van der Waals surface area contributed by atoms with Gasteiger partial charge in [-0.05, 0) is 24.9 Å². The Hall–Kier alpha value is -1.33. The molecule has 1 aromatic rings. The Balaban J connectivity index is 2.60. The van der Waals surface area contributed by atoms with Crippen molar-refractivity contribution in [3.8, 4) is 0 Å². The zero-order valence-corrected chi connectivity index (χ0v) is 11.6. The molecule has 0 aliphatic carbocycles. The van der Waals surface area contributed by atoms with Crippen molar-refractivity contribution in [2.75, 3.05) is 25.9 Å². The summed E-state index contributed by atoms with van der Waals surface area (Å²) >= 11 is 1.54. The molecule has 98 valence electrons. The van der Waals surface area contributed by atoms with Crippen molar-refractivity contribution < 1.29 is 4.79 Å². The van der Waals surface area contributed by atoms with Crippen molar-refractivity contribution in [2.24, 2.45) is 4.99 Å². The first-order valence-corrected chi connectivity index (χ1v) is 6.94. The number of hydrogen-bond donors (Lipinski definition) is 2. The molecule has 0 spiro atoms. The highest BCUT2D eigenvalue weighted by Gasteiger charge is 2.07. The molecule has 0 fully saturated rings. The molecule has 18 heavy (non-hydrogen) atoms. The molecule has 0 radical (unpaired) electrons. The first-order chi connectivity index (χ1) is 8.77. The second-order valence-corrected chi connectivity index (χ2v) is 4.80. The van der Waals surface area contributed by atoms with Gasteiger partial charge in [-0.15, -0.1) is 0 Å². The zero-order chi connectivity index (χ0) is 13.2. The van der Waals surface area contributed by atoms with Gasteiger partial charge in [-0.3, -0.25) is 9.79 Å². The first-order valence-electron chi connectivity index (χ1n) is 5.96. The molecule has 4 nitrogen and oxygen atoms in total. The van der Waals surface area contributed by atoms with E-state index in [0.29, 0.717) is 17.3 Å². The third-order valence-electron chi connectivity index (χ3n) is 2.15. The van der Waals surface area contributed by atoms with Gasteiger partial charge < -0.3 is 10.6 Å². The number of aliphatic imine (C=N–C) groups is 1. The van der Waals surface area contributed by atoms with Crippen LogP contribution in [-0.2, 0) is 0 Å². The monoisotopic (exact) mass is 265 g/mol. The molecule has 1 rings (SSSR count). The van der Waals surface area contributed by atoms with Gasteiger partial charge in [0.05, 0.1) is 6.54 Å². The lowest BCUT2D eigenvalue weighted by Gasteiger charge is -2.07. The summed E-state index contributed by atoms with van der Waals surface area (Å²) in [6.07, 6.45) is 0. The van der Waals surface area contributed by atoms with Crippen LogP contribution in [0.4, 0.5) is 0 Å². The minimum atomic E-state index is -0.111. The van der Waals surface area contributed by atoms with Gasteiger partial charge in [0.25, 0.3) is 5.91 Å². The molecule has 1 amide bonds. The van der Waals surface area contributed by atoms with Crippen LogP contribution in [0.5, 0.6) is 0 Å². The molecule has 0 bridgehead atoms. The third-order valence-corrected chi connectivity index (χ3v) is 2.95. The number of hydrogen-bond acceptors (Lipinski definition) is 4. The number of amidine groups is 1. The second kappa shape index (κ2) is 8.72. The van der Waals surface area contributed by atoms with Crippen molar-refractivity contribution in [2.45, 2.75) is 6.92 Å². The van der Waals surface area contributed by atoms with Crippen LogP contribution in [0.25, 0.3) is 0 Å². The van der Waals surface area contributed by atoms with Crippen molar-refractivity contribution in [3.63, 3.8) is 0 Å². The standard InChI is InChI=1S/C13H19N3OS/c1-3-18-13(15-10-9-14-2)16-12(17)11-7-5-4-6-8-11/h4-8,14H,3,9-10H2,1-2H3,(H,15,16,17). The van der Waals surface area contributed by atoms with Gasteiger partial charge in [0.1, 0.15) is 0 Å². The molecule has 5 heteroatoms. The van der Waals surface area contributed by atoms with Gasteiger partial charge in [0.2, 0.25) is 0 Å². The van der Waals surface area contributed by atoms with Crippen LogP contribution < -0.4 is 10.6 Å². The average Bonchev–Trinajstić information content (AvgIpc) is 2.40. The molecule has 0 aromatic heterocycles. The topological polar surface area (TPSA) is 53.5 Å². The predicted molar refractivity (Wildman–Crippen MR) is 78.3 cm³/mol. The van der Waals surface area contributed by atoms with E-state index in [1.807, 2.05) is 32.2 Å². The maximum absolute atomic E-state index is 11.9. The van der Waals surface area contributed by atoms with Crippen molar-refractivity contribution in [1.82, 2.24) is 10.6 Å². The van der Waals surface area contributed by atoms with Crippen LogP contribution in [0.15, 0.2) is 35.3 Å². The molecule has 0 saturated carbocycles. The van der Waals surface area contributed by atoms with E-state index < -0.39 is 0 Å². The molecule has 1 aromatic carbocycles. The fourth-order valence-electron chi connectivity index (χ4n) is 1.29. The largest absolute Gasteiger partial charge is 0.318 e. The molecular weight excluding hydrogens is 246 g/mol. The number of rotatable bonds is 5. The number of thioether (sulfide) groups is 1. The molecule has 0 aliphatic heterocycles. The van der Waals surface area contributed by atoms with Crippen LogP contribution in [-0.4, -0.2) is 37.0 Å². The summed E-state index contributed by atoms with van der Waals surface area (Å²) in [5.41, 5.74) is 0.649. The highest BCUT2D eigenvalue weighted by atomic mass is 32.2. The number of nitrogens with one attached hydrogen (secondary N) is 2. The van der Waals surface area contributed by atoms with Gasteiger partial charge in [-0.25, -0.2) is 0 Å². The maximum Gasteiger partial charge on any atom is 0.257 e. The summed E-state index contributed by atoms with van der Waals surface area (Å²) in [6, 6.07) is 9.16. The van der Waals surface area contributed by atoms with Crippen molar-refractivity contribution >= 4 is 22.8 Å². The number of likely N-dealkylation sites (N-methyl/N-ethyl adjacent to an activating group) is 1. The molecule has 0 atom stereocenters. The Morgan fingerprint density at radius 1 is 1.33 bits per heavy atom. The smallest absolute Gasteiger partial charge is 0.257 e. The summed E-state index contributed by atoms with van der Waals surface area (Å²) in [5.74, 6) is 0.771. The molecular formula is C13H19N3OS. The van der Waals surface area contributed by atoms with Gasteiger partial charge in [-0.1, -0.05) is 36.9 Å². The normalized spacial score (nSPS) is 11.3. The summed E-state index contributed by atoms with van der Waals surface area (Å²) in [4.78, 5) is 16.3. The Bertz CT molecular complexity index is 392. The lowest BCUT2D eigenvalue weighted by molar-refractivity contribution is 0.0978. The highest BCUT2D eigenvalue weighted by molar-refractivity contribution is 8.13. The van der Waals surface area contributed by atoms with E-state index >= 15 is 0 Å². The van der Waals surface area contributed by atoms with Gasteiger partial charge >= 0.3 is 0 Å². The highest BCUT2D eigenvalue weighted by Crippen LogP contribution is 2.04. The lowest BCUT2D eigenvalue weighted by atomic mass is 10.2. The van der Waals surface area contributed by atoms with Gasteiger partial charge in [0.15, 0.2) is 5.17 Å². The van der Waals surface area contributed by atoms with Crippen LogP contribution in [0.2, 0.25) is 0 Å². The summed E-state index contributed by atoms with van der Waals surface area (Å²) in [7, 11) is 1.88. The number of carbonyl (C=O) groups is 1. The molecule has 0 saturated heterocycles. The third kappa shape index (κ3) is 5.33. The summed E-state index contributed by atoms with van der Waals surface area (Å²) in [6.45, 7) is 3.50. The number of nitrogens with zero attached hydrogens (tertiary/aromatic N) is 1. The van der Waals surface area contributed by atoms with E-state index in [1.54, 1.807) is 23.9 Å². The maximum atomic E-state index is 11.9. The van der Waals surface area contributed by atoms with Crippen LogP contribution in [0, 0.1) is 0 Å². The Kier molecular flexibility index (Phi) is 7.13. The molecule has 0 unspecified atom stereocenters. The van der Waals surface area contributed by atoms with E-state index in [9.17, 15) is 4.79 Å². The fraction of sp³-hybridized carbons (Fsp3) is 0.385. The quantitative estimate of drug-likeness (QED) is 0.484. The van der Waals surface area contributed by atoms with E-state index in [4.69, 9.17) is 0 Å². The summed E-state index contributed by atoms with van der Waals surface area (Å²) in [5, 5.41) is 6.54. The molecule has 0 heterocycles. The number of benzene rings is 1. The fourth-order valence-corrected chi connectivity index (χ4v) is 1.91. The van der Waals surface area contributed by atoms with E-state index in [-0.39, 0.29) is 5.91 Å². The van der Waals surface area contributed by atoms with Crippen LogP contribution in [0.3, 0.4) is 0 Å². The second-order valence-electron chi connectivity index (χ2n) is 3.54. The first kappa shape index (κ1) is 14.7.